The molecule has 0 aliphatic carbocycles. The average molecular weight is 302 g/mol. The summed E-state index contributed by atoms with van der Waals surface area (Å²) < 4.78 is 23.2. The smallest absolute Gasteiger partial charge is 0.191 e. The van der Waals surface area contributed by atoms with Gasteiger partial charge in [0.25, 0.3) is 0 Å². The first-order valence-corrected chi connectivity index (χ1v) is 9.15. The summed E-state index contributed by atoms with van der Waals surface area (Å²) in [5, 5.41) is 6.84. The third-order valence-corrected chi connectivity index (χ3v) is 5.33. The first-order valence-electron chi connectivity index (χ1n) is 6.10. The molecule has 0 amide bonds. The van der Waals surface area contributed by atoms with Crippen LogP contribution in [0.2, 0.25) is 0 Å². The minimum atomic E-state index is -2.91. The van der Waals surface area contributed by atoms with E-state index >= 15 is 0 Å². The summed E-state index contributed by atoms with van der Waals surface area (Å²) in [5.74, 6) is 1.87. The Bertz CT molecular complexity index is 525. The van der Waals surface area contributed by atoms with E-state index in [4.69, 9.17) is 0 Å². The number of rotatable bonds is 4. The fraction of sp³-hybridized carbons (Fsp3) is 0.636. The normalized spacial score (nSPS) is 21.9. The van der Waals surface area contributed by atoms with Gasteiger partial charge in [0.1, 0.15) is 11.6 Å². The van der Waals surface area contributed by atoms with Gasteiger partial charge < -0.3 is 10.6 Å². The number of nitrogens with zero attached hydrogens (tertiary/aromatic N) is 2. The molecule has 1 aromatic heterocycles. The average Bonchev–Trinajstić information content (AvgIpc) is 2.37. The van der Waals surface area contributed by atoms with Gasteiger partial charge in [-0.05, 0) is 19.1 Å². The molecule has 0 spiro atoms. The molecule has 1 aliphatic rings. The Kier molecular flexibility index (Phi) is 4.51. The van der Waals surface area contributed by atoms with Crippen molar-refractivity contribution < 1.29 is 8.42 Å². The molecule has 1 unspecified atom stereocenters. The molecule has 19 heavy (non-hydrogen) atoms. The molecular weight excluding hydrogens is 284 g/mol. The molecule has 1 aromatic rings. The quantitative estimate of drug-likeness (QED) is 0.639. The highest BCUT2D eigenvalue weighted by molar-refractivity contribution is 7.98. The summed E-state index contributed by atoms with van der Waals surface area (Å²) in [6.45, 7) is 0. The van der Waals surface area contributed by atoms with Crippen molar-refractivity contribution in [3.8, 4) is 0 Å². The number of anilines is 2. The third-order valence-electron chi connectivity index (χ3n) is 2.96. The van der Waals surface area contributed by atoms with Gasteiger partial charge in [0.2, 0.25) is 0 Å². The van der Waals surface area contributed by atoms with Crippen LogP contribution in [0.3, 0.4) is 0 Å². The second-order valence-electron chi connectivity index (χ2n) is 4.47. The number of aromatic nitrogens is 2. The van der Waals surface area contributed by atoms with Gasteiger partial charge in [0.05, 0.1) is 11.5 Å². The van der Waals surface area contributed by atoms with Gasteiger partial charge in [-0.1, -0.05) is 11.8 Å². The highest BCUT2D eigenvalue weighted by Crippen LogP contribution is 2.20. The van der Waals surface area contributed by atoms with E-state index in [1.54, 1.807) is 13.1 Å². The van der Waals surface area contributed by atoms with E-state index < -0.39 is 9.84 Å². The molecule has 2 N–H and O–H groups in total. The standard InChI is InChI=1S/C11H18N4O2S2/c1-12-9-6-10(15-11(14-9)18-2)13-8-4-3-5-19(16,17)7-8/h6,8H,3-5,7H2,1-2H3,(H2,12,13,14,15). The maximum absolute atomic E-state index is 11.6. The number of thioether (sulfide) groups is 1. The molecule has 0 radical (unpaired) electrons. The lowest BCUT2D eigenvalue weighted by Crippen LogP contribution is -2.35. The zero-order valence-electron chi connectivity index (χ0n) is 11.0. The molecule has 106 valence electrons. The van der Waals surface area contributed by atoms with Crippen LogP contribution in [0, 0.1) is 0 Å². The van der Waals surface area contributed by atoms with E-state index in [2.05, 4.69) is 20.6 Å². The van der Waals surface area contributed by atoms with E-state index in [9.17, 15) is 8.42 Å². The van der Waals surface area contributed by atoms with Crippen LogP contribution in [-0.2, 0) is 9.84 Å². The highest BCUT2D eigenvalue weighted by atomic mass is 32.2. The number of sulfone groups is 1. The number of hydrogen-bond acceptors (Lipinski definition) is 7. The molecule has 0 aromatic carbocycles. The number of hydrogen-bond donors (Lipinski definition) is 2. The Hall–Kier alpha value is -1.02. The van der Waals surface area contributed by atoms with Crippen molar-refractivity contribution in [2.75, 3.05) is 35.4 Å². The second-order valence-corrected chi connectivity index (χ2v) is 7.48. The Morgan fingerprint density at radius 1 is 1.37 bits per heavy atom. The van der Waals surface area contributed by atoms with Crippen LogP contribution < -0.4 is 10.6 Å². The first-order chi connectivity index (χ1) is 9.02. The van der Waals surface area contributed by atoms with Crippen molar-refractivity contribution in [2.45, 2.75) is 24.0 Å². The molecule has 8 heteroatoms. The molecule has 0 saturated carbocycles. The molecule has 1 aliphatic heterocycles. The van der Waals surface area contributed by atoms with Gasteiger partial charge in [0, 0.05) is 19.2 Å². The molecular formula is C11H18N4O2S2. The van der Waals surface area contributed by atoms with E-state index in [-0.39, 0.29) is 11.8 Å². The third kappa shape index (κ3) is 3.97. The predicted molar refractivity (Wildman–Crippen MR) is 78.7 cm³/mol. The Balaban J connectivity index is 2.14. The van der Waals surface area contributed by atoms with Crippen LogP contribution in [0.1, 0.15) is 12.8 Å². The second kappa shape index (κ2) is 5.96. The van der Waals surface area contributed by atoms with Crippen molar-refractivity contribution in [1.82, 2.24) is 9.97 Å². The SMILES string of the molecule is CNc1cc(NC2CCCS(=O)(=O)C2)nc(SC)n1. The predicted octanol–water partition coefficient (Wildman–Crippen LogP) is 1.23. The summed E-state index contributed by atoms with van der Waals surface area (Å²) in [5.41, 5.74) is 0. The topological polar surface area (TPSA) is 84.0 Å². The van der Waals surface area contributed by atoms with E-state index in [0.29, 0.717) is 23.1 Å². The molecule has 1 saturated heterocycles. The summed E-state index contributed by atoms with van der Waals surface area (Å²) in [6.07, 6.45) is 3.47. The molecule has 2 heterocycles. The summed E-state index contributed by atoms with van der Waals surface area (Å²) in [7, 11) is -1.12. The molecule has 6 nitrogen and oxygen atoms in total. The van der Waals surface area contributed by atoms with Gasteiger partial charge in [-0.2, -0.15) is 0 Å². The highest BCUT2D eigenvalue weighted by Gasteiger charge is 2.25. The Morgan fingerprint density at radius 2 is 2.11 bits per heavy atom. The summed E-state index contributed by atoms with van der Waals surface area (Å²) in [6, 6.07) is 1.73. The van der Waals surface area contributed by atoms with E-state index in [1.165, 1.54) is 11.8 Å². The maximum Gasteiger partial charge on any atom is 0.191 e. The summed E-state index contributed by atoms with van der Waals surface area (Å²) >= 11 is 1.45. The minimum Gasteiger partial charge on any atom is -0.373 e. The van der Waals surface area contributed by atoms with Crippen molar-refractivity contribution in [2.24, 2.45) is 0 Å². The molecule has 1 fully saturated rings. The lowest BCUT2D eigenvalue weighted by atomic mass is 10.2. The monoisotopic (exact) mass is 302 g/mol. The van der Waals surface area contributed by atoms with E-state index in [1.807, 2.05) is 6.26 Å². The summed E-state index contributed by atoms with van der Waals surface area (Å²) in [4.78, 5) is 8.62. The molecule has 2 rings (SSSR count). The van der Waals surface area contributed by atoms with Gasteiger partial charge in [-0.3, -0.25) is 0 Å². The van der Waals surface area contributed by atoms with Crippen LogP contribution in [0.5, 0.6) is 0 Å². The fourth-order valence-corrected chi connectivity index (χ4v) is 4.08. The Morgan fingerprint density at radius 3 is 2.74 bits per heavy atom. The van der Waals surface area contributed by atoms with E-state index in [0.717, 1.165) is 12.2 Å². The lowest BCUT2D eigenvalue weighted by molar-refractivity contribution is 0.561. The number of nitrogens with one attached hydrogen (secondary N) is 2. The van der Waals surface area contributed by atoms with Crippen LogP contribution in [-0.4, -0.2) is 49.2 Å². The fourth-order valence-electron chi connectivity index (χ4n) is 2.06. The van der Waals surface area contributed by atoms with Crippen LogP contribution in [0.15, 0.2) is 11.2 Å². The van der Waals surface area contributed by atoms with Crippen LogP contribution in [0.4, 0.5) is 11.6 Å². The van der Waals surface area contributed by atoms with Crippen molar-refractivity contribution in [1.29, 1.82) is 0 Å². The van der Waals surface area contributed by atoms with Crippen molar-refractivity contribution >= 4 is 33.2 Å². The minimum absolute atomic E-state index is 0.0620. The molecule has 1 atom stereocenters. The lowest BCUT2D eigenvalue weighted by Gasteiger charge is -2.23. The van der Waals surface area contributed by atoms with Crippen molar-refractivity contribution in [3.63, 3.8) is 0 Å². The maximum atomic E-state index is 11.6. The van der Waals surface area contributed by atoms with Gasteiger partial charge in [-0.15, -0.1) is 0 Å². The Labute approximate surface area is 117 Å². The van der Waals surface area contributed by atoms with Crippen LogP contribution in [0.25, 0.3) is 0 Å². The van der Waals surface area contributed by atoms with Crippen LogP contribution >= 0.6 is 11.8 Å². The van der Waals surface area contributed by atoms with Gasteiger partial charge in [0.15, 0.2) is 15.0 Å². The largest absolute Gasteiger partial charge is 0.373 e. The van der Waals surface area contributed by atoms with Gasteiger partial charge >= 0.3 is 0 Å². The van der Waals surface area contributed by atoms with Gasteiger partial charge in [-0.25, -0.2) is 18.4 Å². The van der Waals surface area contributed by atoms with Crippen molar-refractivity contribution in [3.05, 3.63) is 6.07 Å². The first kappa shape index (κ1) is 14.4. The zero-order valence-corrected chi connectivity index (χ0v) is 12.6. The zero-order chi connectivity index (χ0) is 13.9. The molecule has 0 bridgehead atoms.